The molecular weight excluding hydrogens is 379 g/mol. The Kier molecular flexibility index (Phi) is 5.53. The minimum absolute atomic E-state index is 0.194. The molecule has 0 spiro atoms. The smallest absolute Gasteiger partial charge is 0.243 e. The summed E-state index contributed by atoms with van der Waals surface area (Å²) in [6.45, 7) is 6.05. The van der Waals surface area contributed by atoms with Crippen molar-refractivity contribution in [3.63, 3.8) is 0 Å². The van der Waals surface area contributed by atoms with Crippen molar-refractivity contribution < 1.29 is 4.39 Å². The number of hydrogen-bond acceptors (Lipinski definition) is 5. The Morgan fingerprint density at radius 3 is 2.87 bits per heavy atom. The number of benzene rings is 1. The third-order valence-corrected chi connectivity index (χ3v) is 5.36. The fourth-order valence-electron chi connectivity index (χ4n) is 3.99. The van der Waals surface area contributed by atoms with Gasteiger partial charge in [0.15, 0.2) is 5.65 Å². The Morgan fingerprint density at radius 2 is 2.13 bits per heavy atom. The van der Waals surface area contributed by atoms with Gasteiger partial charge in [-0.2, -0.15) is 4.98 Å². The third kappa shape index (κ3) is 4.06. The molecule has 1 aliphatic rings. The molecule has 0 aliphatic heterocycles. The second kappa shape index (κ2) is 8.26. The van der Waals surface area contributed by atoms with Gasteiger partial charge in [0.05, 0.1) is 0 Å². The lowest BCUT2D eigenvalue weighted by Gasteiger charge is -2.26. The summed E-state index contributed by atoms with van der Waals surface area (Å²) in [7, 11) is 0. The largest absolute Gasteiger partial charge is 0.404 e. The van der Waals surface area contributed by atoms with Crippen LogP contribution in [0.25, 0.3) is 16.8 Å². The van der Waals surface area contributed by atoms with Gasteiger partial charge in [-0.15, -0.1) is 5.10 Å². The van der Waals surface area contributed by atoms with E-state index in [1.807, 2.05) is 25.3 Å². The van der Waals surface area contributed by atoms with Crippen LogP contribution in [0.5, 0.6) is 0 Å². The number of nitrogens with one attached hydrogen (secondary N) is 1. The Bertz CT molecular complexity index is 1130. The molecule has 1 unspecified atom stereocenters. The zero-order valence-electron chi connectivity index (χ0n) is 17.6. The third-order valence-electron chi connectivity index (χ3n) is 5.36. The number of nitrogens with two attached hydrogens (primary N) is 1. The molecule has 156 valence electrons. The quantitative estimate of drug-likeness (QED) is 0.668. The molecule has 30 heavy (non-hydrogen) atoms. The minimum atomic E-state index is -0.242. The van der Waals surface area contributed by atoms with Gasteiger partial charge in [0, 0.05) is 29.6 Å². The number of nitrogens with zero attached hydrogens (tertiary/aromatic N) is 4. The summed E-state index contributed by atoms with van der Waals surface area (Å²) in [4.78, 5) is 9.43. The summed E-state index contributed by atoms with van der Waals surface area (Å²) in [5.41, 5.74) is 11.5. The summed E-state index contributed by atoms with van der Waals surface area (Å²) in [6, 6.07) is 9.16. The van der Waals surface area contributed by atoms with E-state index in [9.17, 15) is 4.39 Å². The van der Waals surface area contributed by atoms with Crippen LogP contribution in [0.2, 0.25) is 0 Å². The number of anilines is 1. The summed E-state index contributed by atoms with van der Waals surface area (Å²) in [5.74, 6) is 0.335. The van der Waals surface area contributed by atoms with E-state index in [0.717, 1.165) is 52.9 Å². The van der Waals surface area contributed by atoms with Crippen molar-refractivity contribution in [2.45, 2.75) is 52.1 Å². The van der Waals surface area contributed by atoms with Crippen molar-refractivity contribution in [1.82, 2.24) is 14.6 Å². The molecule has 2 aromatic heterocycles. The van der Waals surface area contributed by atoms with Crippen molar-refractivity contribution in [2.75, 3.05) is 5.32 Å². The molecule has 0 radical (unpaired) electrons. The van der Waals surface area contributed by atoms with Crippen molar-refractivity contribution in [3.8, 4) is 11.1 Å². The fourth-order valence-corrected chi connectivity index (χ4v) is 3.99. The molecule has 0 saturated heterocycles. The van der Waals surface area contributed by atoms with E-state index in [0.29, 0.717) is 5.95 Å². The average molecular weight is 407 g/mol. The number of aromatic nitrogens is 3. The SMILES string of the molecule is Cc1cc(F)ccc1-c1cccn2nc(NC3CCC(=NC(C)C)C(=CN)C3)nc12. The van der Waals surface area contributed by atoms with Crippen LogP contribution in [0.4, 0.5) is 10.3 Å². The van der Waals surface area contributed by atoms with Crippen LogP contribution in [0.3, 0.4) is 0 Å². The molecule has 1 aliphatic carbocycles. The number of fused-ring (bicyclic) bond motifs is 1. The lowest BCUT2D eigenvalue weighted by molar-refractivity contribution is 0.627. The van der Waals surface area contributed by atoms with Gasteiger partial charge in [0.25, 0.3) is 0 Å². The van der Waals surface area contributed by atoms with Gasteiger partial charge < -0.3 is 11.1 Å². The number of halogens is 1. The molecule has 7 heteroatoms. The molecule has 4 rings (SSSR count). The fraction of sp³-hybridized carbons (Fsp3) is 0.348. The summed E-state index contributed by atoms with van der Waals surface area (Å²) in [5, 5.41) is 8.05. The Morgan fingerprint density at radius 1 is 1.30 bits per heavy atom. The van der Waals surface area contributed by atoms with Crippen molar-refractivity contribution in [2.24, 2.45) is 10.7 Å². The van der Waals surface area contributed by atoms with E-state index in [2.05, 4.69) is 24.3 Å². The van der Waals surface area contributed by atoms with Gasteiger partial charge in [0.2, 0.25) is 5.95 Å². The maximum absolute atomic E-state index is 13.5. The molecule has 2 heterocycles. The molecule has 3 aromatic rings. The topological polar surface area (TPSA) is 80.6 Å². The first-order valence-electron chi connectivity index (χ1n) is 10.3. The van der Waals surface area contributed by atoms with Gasteiger partial charge in [0.1, 0.15) is 5.82 Å². The number of rotatable bonds is 4. The summed E-state index contributed by atoms with van der Waals surface area (Å²) in [6.07, 6.45) is 6.16. The van der Waals surface area contributed by atoms with Gasteiger partial charge in [-0.1, -0.05) is 6.07 Å². The van der Waals surface area contributed by atoms with Gasteiger partial charge in [-0.3, -0.25) is 4.99 Å². The Balaban J connectivity index is 1.60. The monoisotopic (exact) mass is 406 g/mol. The molecule has 0 amide bonds. The Hall–Kier alpha value is -3.22. The van der Waals surface area contributed by atoms with Crippen LogP contribution in [0, 0.1) is 12.7 Å². The average Bonchev–Trinajstić information content (AvgIpc) is 3.11. The number of aryl methyl sites for hydroxylation is 1. The first kappa shape index (κ1) is 20.1. The zero-order chi connectivity index (χ0) is 21.3. The van der Waals surface area contributed by atoms with E-state index in [-0.39, 0.29) is 17.9 Å². The van der Waals surface area contributed by atoms with Crippen LogP contribution in [-0.2, 0) is 0 Å². The van der Waals surface area contributed by atoms with Crippen LogP contribution >= 0.6 is 0 Å². The predicted octanol–water partition coefficient (Wildman–Crippen LogP) is 4.50. The Labute approximate surface area is 175 Å². The second-order valence-corrected chi connectivity index (χ2v) is 8.03. The first-order chi connectivity index (χ1) is 14.4. The van der Waals surface area contributed by atoms with Crippen LogP contribution in [0.1, 0.15) is 38.7 Å². The normalized spacial score (nSPS) is 19.8. The van der Waals surface area contributed by atoms with Crippen molar-refractivity contribution >= 4 is 17.3 Å². The van der Waals surface area contributed by atoms with E-state index >= 15 is 0 Å². The maximum Gasteiger partial charge on any atom is 0.243 e. The highest BCUT2D eigenvalue weighted by Gasteiger charge is 2.23. The molecular formula is C23H27FN6. The lowest BCUT2D eigenvalue weighted by Crippen LogP contribution is -2.29. The molecule has 1 aromatic carbocycles. The van der Waals surface area contributed by atoms with Gasteiger partial charge in [-0.05, 0) is 87.2 Å². The molecule has 1 saturated carbocycles. The molecule has 6 nitrogen and oxygen atoms in total. The van der Waals surface area contributed by atoms with E-state index in [1.165, 1.54) is 12.1 Å². The van der Waals surface area contributed by atoms with E-state index in [4.69, 9.17) is 15.7 Å². The highest BCUT2D eigenvalue weighted by Crippen LogP contribution is 2.29. The number of hydrogen-bond donors (Lipinski definition) is 2. The number of aliphatic imine (C=N–C) groups is 1. The first-order valence-corrected chi connectivity index (χ1v) is 10.3. The highest BCUT2D eigenvalue weighted by atomic mass is 19.1. The van der Waals surface area contributed by atoms with Crippen LogP contribution < -0.4 is 11.1 Å². The second-order valence-electron chi connectivity index (χ2n) is 8.03. The standard InChI is InChI=1S/C23H27FN6/c1-14(2)26-21-9-7-18(12-16(21)13-25)27-23-28-22-20(5-4-10-30(22)29-23)19-8-6-17(24)11-15(19)3/h4-6,8,10-11,13-14,18H,7,9,12,25H2,1-3H3,(H,27,29). The molecule has 1 fully saturated rings. The summed E-state index contributed by atoms with van der Waals surface area (Å²) < 4.78 is 15.3. The van der Waals surface area contributed by atoms with E-state index in [1.54, 1.807) is 16.8 Å². The zero-order valence-corrected chi connectivity index (χ0v) is 17.6. The molecule has 1 atom stereocenters. The van der Waals surface area contributed by atoms with Gasteiger partial charge in [-0.25, -0.2) is 8.91 Å². The minimum Gasteiger partial charge on any atom is -0.404 e. The highest BCUT2D eigenvalue weighted by molar-refractivity contribution is 6.01. The summed E-state index contributed by atoms with van der Waals surface area (Å²) >= 11 is 0. The van der Waals surface area contributed by atoms with Crippen molar-refractivity contribution in [1.29, 1.82) is 0 Å². The van der Waals surface area contributed by atoms with E-state index < -0.39 is 0 Å². The number of pyridine rings is 1. The maximum atomic E-state index is 13.5. The van der Waals surface area contributed by atoms with Crippen LogP contribution in [0.15, 0.2) is 53.3 Å². The van der Waals surface area contributed by atoms with Crippen LogP contribution in [-0.4, -0.2) is 32.4 Å². The van der Waals surface area contributed by atoms with Gasteiger partial charge >= 0.3 is 0 Å². The van der Waals surface area contributed by atoms with Crippen molar-refractivity contribution in [3.05, 3.63) is 59.7 Å². The predicted molar refractivity (Wildman–Crippen MR) is 119 cm³/mol. The lowest BCUT2D eigenvalue weighted by atomic mass is 9.89. The molecule has 3 N–H and O–H groups in total. The molecule has 0 bridgehead atoms.